The van der Waals surface area contributed by atoms with Crippen molar-refractivity contribution in [2.45, 2.75) is 13.0 Å². The average molecular weight is 254 g/mol. The second-order valence-corrected chi connectivity index (χ2v) is 5.34. The highest BCUT2D eigenvalue weighted by Crippen LogP contribution is 2.25. The van der Waals surface area contributed by atoms with Gasteiger partial charge in [0.25, 0.3) is 0 Å². The first-order valence-corrected chi connectivity index (χ1v) is 6.89. The normalized spacial score (nSPS) is 10.9. The van der Waals surface area contributed by atoms with Gasteiger partial charge in [-0.15, -0.1) is 11.3 Å². The van der Waals surface area contributed by atoms with E-state index in [2.05, 4.69) is 42.5 Å². The van der Waals surface area contributed by atoms with Crippen LogP contribution in [-0.2, 0) is 13.0 Å². The van der Waals surface area contributed by atoms with Crippen LogP contribution in [0.3, 0.4) is 0 Å². The van der Waals surface area contributed by atoms with Crippen LogP contribution in [0.2, 0.25) is 0 Å². The Kier molecular flexibility index (Phi) is 3.13. The Morgan fingerprint density at radius 3 is 2.61 bits per heavy atom. The van der Waals surface area contributed by atoms with E-state index in [0.29, 0.717) is 0 Å². The zero-order valence-corrected chi connectivity index (χ0v) is 10.8. The fourth-order valence-electron chi connectivity index (χ4n) is 2.28. The van der Waals surface area contributed by atoms with Crippen molar-refractivity contribution in [3.05, 3.63) is 69.9 Å². The van der Waals surface area contributed by atoms with Crippen LogP contribution in [0.15, 0.2) is 53.9 Å². The molecule has 1 aromatic heterocycles. The molecule has 0 aliphatic carbocycles. The Labute approximate surface area is 110 Å². The molecule has 0 unspecified atom stereocenters. The Morgan fingerprint density at radius 2 is 1.72 bits per heavy atom. The molecule has 0 aliphatic heterocycles. The second-order valence-electron chi connectivity index (χ2n) is 4.34. The summed E-state index contributed by atoms with van der Waals surface area (Å²) in [7, 11) is 0. The molecule has 1 N–H and O–H groups in total. The quantitative estimate of drug-likeness (QED) is 0.749. The van der Waals surface area contributed by atoms with Crippen LogP contribution in [0.25, 0.3) is 10.8 Å². The van der Waals surface area contributed by atoms with Gasteiger partial charge in [-0.2, -0.15) is 0 Å². The summed E-state index contributed by atoms with van der Waals surface area (Å²) in [5.41, 5.74) is 2.37. The fourth-order valence-corrected chi connectivity index (χ4v) is 3.20. The highest BCUT2D eigenvalue weighted by atomic mass is 32.1. The van der Waals surface area contributed by atoms with Gasteiger partial charge in [0, 0.05) is 11.3 Å². The molecule has 0 fully saturated rings. The predicted octanol–water partition coefficient (Wildman–Crippen LogP) is 3.98. The van der Waals surface area contributed by atoms with Crippen molar-refractivity contribution in [1.82, 2.24) is 0 Å². The summed E-state index contributed by atoms with van der Waals surface area (Å²) >= 11 is 1.72. The van der Waals surface area contributed by atoms with Crippen LogP contribution < -0.4 is 0 Å². The van der Waals surface area contributed by atoms with E-state index in [1.807, 2.05) is 11.4 Å². The summed E-state index contributed by atoms with van der Waals surface area (Å²) < 4.78 is 0. The topological polar surface area (TPSA) is 20.2 Å². The summed E-state index contributed by atoms with van der Waals surface area (Å²) in [4.78, 5) is 1.26. The standard InChI is InChI=1S/C16H14OS/c17-11-14-8-9-18-16(14)10-13-6-3-5-12-4-1-2-7-15(12)13/h1-9,17H,10-11H2. The summed E-state index contributed by atoms with van der Waals surface area (Å²) in [5, 5.41) is 13.9. The summed E-state index contributed by atoms with van der Waals surface area (Å²) in [5.74, 6) is 0. The molecular formula is C16H14OS. The molecule has 90 valence electrons. The van der Waals surface area contributed by atoms with E-state index in [4.69, 9.17) is 0 Å². The van der Waals surface area contributed by atoms with Crippen molar-refractivity contribution < 1.29 is 5.11 Å². The maximum atomic E-state index is 9.31. The van der Waals surface area contributed by atoms with Crippen LogP contribution in [0.4, 0.5) is 0 Å². The number of fused-ring (bicyclic) bond motifs is 1. The average Bonchev–Trinajstić information content (AvgIpc) is 2.86. The minimum Gasteiger partial charge on any atom is -0.392 e. The molecule has 1 nitrogen and oxygen atoms in total. The second kappa shape index (κ2) is 4.92. The van der Waals surface area contributed by atoms with Crippen molar-refractivity contribution in [3.63, 3.8) is 0 Å². The van der Waals surface area contributed by atoms with Gasteiger partial charge >= 0.3 is 0 Å². The largest absolute Gasteiger partial charge is 0.392 e. The number of thiophene rings is 1. The maximum Gasteiger partial charge on any atom is 0.0692 e. The molecule has 0 bridgehead atoms. The van der Waals surface area contributed by atoms with Gasteiger partial charge in [-0.25, -0.2) is 0 Å². The summed E-state index contributed by atoms with van der Waals surface area (Å²) in [6.07, 6.45) is 0.898. The minimum atomic E-state index is 0.129. The number of aliphatic hydroxyl groups is 1. The van der Waals surface area contributed by atoms with Gasteiger partial charge in [-0.1, -0.05) is 42.5 Å². The van der Waals surface area contributed by atoms with Crippen LogP contribution in [0.1, 0.15) is 16.0 Å². The molecule has 0 radical (unpaired) electrons. The lowest BCUT2D eigenvalue weighted by Gasteiger charge is -2.06. The van der Waals surface area contributed by atoms with Crippen molar-refractivity contribution in [3.8, 4) is 0 Å². The molecule has 2 heteroatoms. The maximum absolute atomic E-state index is 9.31. The molecule has 2 aromatic carbocycles. The predicted molar refractivity (Wildman–Crippen MR) is 77.0 cm³/mol. The lowest BCUT2D eigenvalue weighted by molar-refractivity contribution is 0.281. The zero-order chi connectivity index (χ0) is 12.4. The summed E-state index contributed by atoms with van der Waals surface area (Å²) in [6.45, 7) is 0.129. The molecule has 18 heavy (non-hydrogen) atoms. The van der Waals surface area contributed by atoms with Gasteiger partial charge in [-0.05, 0) is 33.3 Å². The van der Waals surface area contributed by atoms with Gasteiger partial charge in [-0.3, -0.25) is 0 Å². The minimum absolute atomic E-state index is 0.129. The van der Waals surface area contributed by atoms with E-state index in [-0.39, 0.29) is 6.61 Å². The van der Waals surface area contributed by atoms with Crippen molar-refractivity contribution in [1.29, 1.82) is 0 Å². The summed E-state index contributed by atoms with van der Waals surface area (Å²) in [6, 6.07) is 16.9. The molecule has 0 aliphatic rings. The Hall–Kier alpha value is -1.64. The smallest absolute Gasteiger partial charge is 0.0692 e. The third-order valence-electron chi connectivity index (χ3n) is 3.24. The molecule has 3 aromatic rings. The number of rotatable bonds is 3. The Bertz CT molecular complexity index is 664. The van der Waals surface area contributed by atoms with E-state index in [1.165, 1.54) is 21.2 Å². The molecule has 0 amide bonds. The first-order chi connectivity index (χ1) is 8.88. The van der Waals surface area contributed by atoms with Gasteiger partial charge < -0.3 is 5.11 Å². The zero-order valence-electron chi connectivity index (χ0n) is 9.97. The molecule has 1 heterocycles. The van der Waals surface area contributed by atoms with Crippen LogP contribution in [0.5, 0.6) is 0 Å². The van der Waals surface area contributed by atoms with Gasteiger partial charge in [0.15, 0.2) is 0 Å². The Morgan fingerprint density at radius 1 is 0.889 bits per heavy atom. The Balaban J connectivity index is 2.05. The van der Waals surface area contributed by atoms with Crippen LogP contribution in [-0.4, -0.2) is 5.11 Å². The third-order valence-corrected chi connectivity index (χ3v) is 4.20. The highest BCUT2D eigenvalue weighted by Gasteiger charge is 2.06. The van der Waals surface area contributed by atoms with E-state index < -0.39 is 0 Å². The molecule has 0 saturated carbocycles. The molecule has 0 spiro atoms. The van der Waals surface area contributed by atoms with Gasteiger partial charge in [0.2, 0.25) is 0 Å². The van der Waals surface area contributed by atoms with Gasteiger partial charge in [0.05, 0.1) is 6.61 Å². The van der Waals surface area contributed by atoms with E-state index >= 15 is 0 Å². The number of hydrogen-bond acceptors (Lipinski definition) is 2. The number of benzene rings is 2. The van der Waals surface area contributed by atoms with E-state index in [0.717, 1.165) is 12.0 Å². The van der Waals surface area contributed by atoms with Crippen LogP contribution in [0, 0.1) is 0 Å². The lowest BCUT2D eigenvalue weighted by Crippen LogP contribution is -1.91. The molecule has 3 rings (SSSR count). The van der Waals surface area contributed by atoms with Crippen molar-refractivity contribution >= 4 is 22.1 Å². The van der Waals surface area contributed by atoms with E-state index in [9.17, 15) is 5.11 Å². The van der Waals surface area contributed by atoms with Crippen LogP contribution >= 0.6 is 11.3 Å². The lowest BCUT2D eigenvalue weighted by atomic mass is 10.0. The highest BCUT2D eigenvalue weighted by molar-refractivity contribution is 7.10. The number of aliphatic hydroxyl groups excluding tert-OH is 1. The SMILES string of the molecule is OCc1ccsc1Cc1cccc2ccccc12. The molecule has 0 saturated heterocycles. The fraction of sp³-hybridized carbons (Fsp3) is 0.125. The van der Waals surface area contributed by atoms with Gasteiger partial charge in [0.1, 0.15) is 0 Å². The first kappa shape index (κ1) is 11.5. The monoisotopic (exact) mass is 254 g/mol. The first-order valence-electron chi connectivity index (χ1n) is 6.01. The number of hydrogen-bond donors (Lipinski definition) is 1. The molecule has 0 atom stereocenters. The van der Waals surface area contributed by atoms with E-state index in [1.54, 1.807) is 11.3 Å². The van der Waals surface area contributed by atoms with Crippen molar-refractivity contribution in [2.24, 2.45) is 0 Å². The van der Waals surface area contributed by atoms with Crippen molar-refractivity contribution in [2.75, 3.05) is 0 Å². The molecular weight excluding hydrogens is 240 g/mol. The third kappa shape index (κ3) is 2.05.